The summed E-state index contributed by atoms with van der Waals surface area (Å²) in [6, 6.07) is 0. The predicted octanol–water partition coefficient (Wildman–Crippen LogP) is 2.43. The minimum Gasteiger partial charge on any atom is -0.393 e. The second-order valence-electron chi connectivity index (χ2n) is 5.17. The molecule has 0 saturated heterocycles. The van der Waals surface area contributed by atoms with E-state index < -0.39 is 0 Å². The van der Waals surface area contributed by atoms with Crippen molar-refractivity contribution in [1.82, 2.24) is 9.88 Å². The number of hydrogen-bond acceptors (Lipinski definition) is 4. The van der Waals surface area contributed by atoms with Gasteiger partial charge in [-0.05, 0) is 32.7 Å². The van der Waals surface area contributed by atoms with Gasteiger partial charge < -0.3 is 10.0 Å². The number of aryl methyl sites for hydroxylation is 1. The molecule has 0 amide bonds. The molecular formula is C13H22N2OS. The third-order valence-electron chi connectivity index (χ3n) is 3.67. The molecule has 1 aromatic rings. The molecule has 0 spiro atoms. The lowest BCUT2D eigenvalue weighted by atomic mass is 9.86. The molecule has 0 aliphatic heterocycles. The van der Waals surface area contributed by atoms with Gasteiger partial charge in [-0.3, -0.25) is 0 Å². The minimum absolute atomic E-state index is 0.0891. The van der Waals surface area contributed by atoms with E-state index in [1.54, 1.807) is 11.3 Å². The summed E-state index contributed by atoms with van der Waals surface area (Å²) in [5.74, 6) is 0.460. The van der Waals surface area contributed by atoms with Crippen LogP contribution < -0.4 is 0 Å². The zero-order valence-corrected chi connectivity index (χ0v) is 11.5. The van der Waals surface area contributed by atoms with Crippen LogP contribution in [-0.4, -0.2) is 34.7 Å². The van der Waals surface area contributed by atoms with E-state index in [0.717, 1.165) is 25.2 Å². The first-order valence-corrected chi connectivity index (χ1v) is 7.30. The average Bonchev–Trinajstić information content (AvgIpc) is 2.68. The summed E-state index contributed by atoms with van der Waals surface area (Å²) in [6.45, 7) is 4.02. The van der Waals surface area contributed by atoms with Crippen molar-refractivity contribution in [2.75, 3.05) is 13.6 Å². The van der Waals surface area contributed by atoms with Gasteiger partial charge in [0, 0.05) is 18.0 Å². The average molecular weight is 254 g/mol. The molecule has 1 aliphatic rings. The molecule has 2 rings (SSSR count). The van der Waals surface area contributed by atoms with E-state index in [1.165, 1.54) is 24.1 Å². The van der Waals surface area contributed by atoms with Gasteiger partial charge in [0.1, 0.15) is 0 Å². The normalized spacial score (nSPS) is 25.4. The lowest BCUT2D eigenvalue weighted by Crippen LogP contribution is -2.34. The number of thiazole rings is 1. The van der Waals surface area contributed by atoms with Crippen LogP contribution >= 0.6 is 11.3 Å². The highest BCUT2D eigenvalue weighted by Gasteiger charge is 2.24. The topological polar surface area (TPSA) is 36.4 Å². The highest BCUT2D eigenvalue weighted by Crippen LogP contribution is 2.25. The van der Waals surface area contributed by atoms with E-state index in [1.807, 2.05) is 5.51 Å². The van der Waals surface area contributed by atoms with E-state index in [0.29, 0.717) is 5.92 Å². The SMILES string of the molecule is Cc1ncsc1CN(C)CC1CCCCC1O. The standard InChI is InChI=1S/C13H22N2OS/c1-10-13(17-9-14-10)8-15(2)7-11-5-3-4-6-12(11)16/h9,11-12,16H,3-8H2,1-2H3. The number of nitrogens with zero attached hydrogens (tertiary/aromatic N) is 2. The molecule has 1 saturated carbocycles. The van der Waals surface area contributed by atoms with Crippen LogP contribution in [-0.2, 0) is 6.54 Å². The number of aliphatic hydroxyl groups is 1. The van der Waals surface area contributed by atoms with Crippen molar-refractivity contribution in [3.05, 3.63) is 16.1 Å². The lowest BCUT2D eigenvalue weighted by Gasteiger charge is -2.31. The quantitative estimate of drug-likeness (QED) is 0.896. The second kappa shape index (κ2) is 5.94. The molecular weight excluding hydrogens is 232 g/mol. The van der Waals surface area contributed by atoms with E-state index in [9.17, 15) is 5.11 Å². The summed E-state index contributed by atoms with van der Waals surface area (Å²) < 4.78 is 0. The van der Waals surface area contributed by atoms with Crippen LogP contribution in [0, 0.1) is 12.8 Å². The van der Waals surface area contributed by atoms with E-state index in [4.69, 9.17) is 0 Å². The monoisotopic (exact) mass is 254 g/mol. The smallest absolute Gasteiger partial charge is 0.0798 e. The molecule has 1 N–H and O–H groups in total. The Kier molecular flexibility index (Phi) is 4.54. The molecule has 1 aliphatic carbocycles. The molecule has 96 valence electrons. The second-order valence-corrected chi connectivity index (χ2v) is 6.11. The van der Waals surface area contributed by atoms with Crippen LogP contribution in [0.3, 0.4) is 0 Å². The molecule has 17 heavy (non-hydrogen) atoms. The minimum atomic E-state index is -0.0891. The van der Waals surface area contributed by atoms with Gasteiger partial charge in [-0.2, -0.15) is 0 Å². The Bertz CT molecular complexity index is 353. The maximum atomic E-state index is 9.96. The molecule has 4 heteroatoms. The Morgan fingerprint density at radius 1 is 1.47 bits per heavy atom. The Hall–Kier alpha value is -0.450. The zero-order valence-electron chi connectivity index (χ0n) is 10.7. The molecule has 2 unspecified atom stereocenters. The lowest BCUT2D eigenvalue weighted by molar-refractivity contribution is 0.0503. The third-order valence-corrected chi connectivity index (χ3v) is 4.59. The van der Waals surface area contributed by atoms with Crippen molar-refractivity contribution in [3.8, 4) is 0 Å². The van der Waals surface area contributed by atoms with Crippen molar-refractivity contribution in [3.63, 3.8) is 0 Å². The van der Waals surface area contributed by atoms with Crippen LogP contribution in [0.2, 0.25) is 0 Å². The predicted molar refractivity (Wildman–Crippen MR) is 71.1 cm³/mol. The molecule has 1 heterocycles. The zero-order chi connectivity index (χ0) is 12.3. The van der Waals surface area contributed by atoms with Gasteiger partial charge in [0.15, 0.2) is 0 Å². The Morgan fingerprint density at radius 2 is 2.24 bits per heavy atom. The summed E-state index contributed by atoms with van der Waals surface area (Å²) in [6.07, 6.45) is 4.53. The van der Waals surface area contributed by atoms with Crippen molar-refractivity contribution in [2.24, 2.45) is 5.92 Å². The fourth-order valence-corrected chi connectivity index (χ4v) is 3.45. The number of rotatable bonds is 4. The van der Waals surface area contributed by atoms with Gasteiger partial charge in [0.2, 0.25) is 0 Å². The van der Waals surface area contributed by atoms with E-state index in [2.05, 4.69) is 23.9 Å². The van der Waals surface area contributed by atoms with Gasteiger partial charge in [0.05, 0.1) is 17.3 Å². The van der Waals surface area contributed by atoms with Crippen LogP contribution in [0.4, 0.5) is 0 Å². The fraction of sp³-hybridized carbons (Fsp3) is 0.769. The molecule has 1 fully saturated rings. The highest BCUT2D eigenvalue weighted by molar-refractivity contribution is 7.09. The Morgan fingerprint density at radius 3 is 2.88 bits per heavy atom. The summed E-state index contributed by atoms with van der Waals surface area (Å²) in [4.78, 5) is 7.94. The van der Waals surface area contributed by atoms with Crippen molar-refractivity contribution >= 4 is 11.3 Å². The van der Waals surface area contributed by atoms with Crippen LogP contribution in [0.25, 0.3) is 0 Å². The van der Waals surface area contributed by atoms with E-state index in [-0.39, 0.29) is 6.10 Å². The first-order chi connectivity index (χ1) is 8.16. The van der Waals surface area contributed by atoms with Gasteiger partial charge in [-0.15, -0.1) is 11.3 Å². The number of aliphatic hydroxyl groups excluding tert-OH is 1. The van der Waals surface area contributed by atoms with Crippen molar-refractivity contribution in [1.29, 1.82) is 0 Å². The molecule has 0 bridgehead atoms. The van der Waals surface area contributed by atoms with Crippen molar-refractivity contribution in [2.45, 2.75) is 45.3 Å². The maximum absolute atomic E-state index is 9.96. The van der Waals surface area contributed by atoms with Gasteiger partial charge in [-0.1, -0.05) is 12.8 Å². The largest absolute Gasteiger partial charge is 0.393 e. The molecule has 1 aromatic heterocycles. The molecule has 2 atom stereocenters. The Balaban J connectivity index is 1.84. The van der Waals surface area contributed by atoms with Crippen LogP contribution in [0.15, 0.2) is 5.51 Å². The molecule has 0 radical (unpaired) electrons. The summed E-state index contributed by atoms with van der Waals surface area (Å²) in [7, 11) is 2.14. The summed E-state index contributed by atoms with van der Waals surface area (Å²) >= 11 is 1.73. The van der Waals surface area contributed by atoms with Gasteiger partial charge >= 0.3 is 0 Å². The molecule has 0 aromatic carbocycles. The van der Waals surface area contributed by atoms with Gasteiger partial charge in [0.25, 0.3) is 0 Å². The highest BCUT2D eigenvalue weighted by atomic mass is 32.1. The molecule has 3 nitrogen and oxygen atoms in total. The summed E-state index contributed by atoms with van der Waals surface area (Å²) in [5.41, 5.74) is 3.06. The van der Waals surface area contributed by atoms with Gasteiger partial charge in [-0.25, -0.2) is 4.98 Å². The van der Waals surface area contributed by atoms with E-state index >= 15 is 0 Å². The van der Waals surface area contributed by atoms with Crippen molar-refractivity contribution < 1.29 is 5.11 Å². The third kappa shape index (κ3) is 3.50. The number of aromatic nitrogens is 1. The first kappa shape index (κ1) is 13.0. The summed E-state index contributed by atoms with van der Waals surface area (Å²) in [5, 5.41) is 9.96. The number of hydrogen-bond donors (Lipinski definition) is 1. The fourth-order valence-electron chi connectivity index (χ4n) is 2.59. The van der Waals surface area contributed by atoms with Crippen LogP contribution in [0.1, 0.15) is 36.3 Å². The maximum Gasteiger partial charge on any atom is 0.0798 e. The Labute approximate surface area is 107 Å². The van der Waals surface area contributed by atoms with Crippen LogP contribution in [0.5, 0.6) is 0 Å². The first-order valence-electron chi connectivity index (χ1n) is 6.42.